The summed E-state index contributed by atoms with van der Waals surface area (Å²) in [6.07, 6.45) is -3.79. The molecule has 7 nitrogen and oxygen atoms in total. The first kappa shape index (κ1) is 21.1. The van der Waals surface area contributed by atoms with Crippen LogP contribution in [0.3, 0.4) is 0 Å². The van der Waals surface area contributed by atoms with Crippen molar-refractivity contribution in [1.29, 1.82) is 0 Å². The number of alkyl halides is 3. The summed E-state index contributed by atoms with van der Waals surface area (Å²) in [7, 11) is 0. The van der Waals surface area contributed by atoms with E-state index in [1.165, 1.54) is 34.0 Å². The zero-order valence-corrected chi connectivity index (χ0v) is 16.4. The minimum atomic E-state index is -4.48. The van der Waals surface area contributed by atoms with Gasteiger partial charge in [0, 0.05) is 16.8 Å². The summed E-state index contributed by atoms with van der Waals surface area (Å²) in [5.41, 5.74) is 12.1. The molecular weight excluding hydrogens is 423 g/mol. The Labute approximate surface area is 180 Å². The number of nitrogens with two attached hydrogens (primary N) is 2. The predicted octanol–water partition coefficient (Wildman–Crippen LogP) is 2.52. The van der Waals surface area contributed by atoms with Crippen LogP contribution in [0.15, 0.2) is 54.7 Å². The highest BCUT2D eigenvalue weighted by atomic mass is 19.4. The zero-order chi connectivity index (χ0) is 23.0. The second-order valence-electron chi connectivity index (χ2n) is 7.07. The molecule has 0 fully saturated rings. The minimum absolute atomic E-state index is 0.0341. The van der Waals surface area contributed by atoms with Crippen molar-refractivity contribution in [2.24, 2.45) is 11.5 Å². The van der Waals surface area contributed by atoms with Crippen molar-refractivity contribution in [2.45, 2.75) is 12.3 Å². The molecule has 0 saturated carbocycles. The molecule has 2 amide bonds. The highest BCUT2D eigenvalue weighted by molar-refractivity contribution is 6.07. The van der Waals surface area contributed by atoms with E-state index in [-0.39, 0.29) is 17.9 Å². The third-order valence-electron chi connectivity index (χ3n) is 4.92. The van der Waals surface area contributed by atoms with E-state index in [4.69, 9.17) is 11.5 Å². The van der Waals surface area contributed by atoms with E-state index in [1.807, 2.05) is 0 Å². The molecule has 2 heterocycles. The topological polar surface area (TPSA) is 107 Å². The van der Waals surface area contributed by atoms with Crippen LogP contribution < -0.4 is 16.4 Å². The maximum absolute atomic E-state index is 13.1. The molecule has 0 radical (unpaired) electrons. The van der Waals surface area contributed by atoms with Gasteiger partial charge in [0.1, 0.15) is 11.9 Å². The second kappa shape index (κ2) is 7.86. The van der Waals surface area contributed by atoms with Crippen molar-refractivity contribution >= 4 is 17.5 Å². The average Bonchev–Trinajstić information content (AvgIpc) is 3.19. The molecule has 1 aromatic heterocycles. The van der Waals surface area contributed by atoms with Crippen molar-refractivity contribution in [3.8, 4) is 11.8 Å². The number of anilines is 1. The molecule has 10 heteroatoms. The number of benzene rings is 2. The van der Waals surface area contributed by atoms with Gasteiger partial charge in [-0.25, -0.2) is 4.68 Å². The summed E-state index contributed by atoms with van der Waals surface area (Å²) < 4.78 is 39.9. The van der Waals surface area contributed by atoms with Crippen LogP contribution in [0.1, 0.15) is 43.7 Å². The second-order valence-corrected chi connectivity index (χ2v) is 7.07. The Kier molecular flexibility index (Phi) is 5.20. The quantitative estimate of drug-likeness (QED) is 0.599. The first-order valence-electron chi connectivity index (χ1n) is 9.39. The number of rotatable bonds is 2. The lowest BCUT2D eigenvalue weighted by Crippen LogP contribution is -2.46. The molecule has 0 aliphatic carbocycles. The Morgan fingerprint density at radius 1 is 1.12 bits per heavy atom. The largest absolute Gasteiger partial charge is 0.416 e. The normalized spacial score (nSPS) is 15.7. The highest BCUT2D eigenvalue weighted by Gasteiger charge is 2.34. The van der Waals surface area contributed by atoms with Gasteiger partial charge in [0.15, 0.2) is 0 Å². The molecule has 3 aromatic rings. The monoisotopic (exact) mass is 439 g/mol. The van der Waals surface area contributed by atoms with E-state index in [0.29, 0.717) is 16.7 Å². The third kappa shape index (κ3) is 3.93. The first-order chi connectivity index (χ1) is 15.1. The number of carbonyl (C=O) groups is 2. The van der Waals surface area contributed by atoms with Crippen LogP contribution >= 0.6 is 0 Å². The molecule has 1 aliphatic heterocycles. The number of amides is 2. The van der Waals surface area contributed by atoms with Gasteiger partial charge in [0.25, 0.3) is 5.91 Å². The number of aromatic nitrogens is 2. The van der Waals surface area contributed by atoms with Crippen LogP contribution in [0.5, 0.6) is 0 Å². The van der Waals surface area contributed by atoms with Crippen LogP contribution in [0.4, 0.5) is 18.9 Å². The fraction of sp³-hybridized carbons (Fsp3) is 0.136. The molecule has 1 atom stereocenters. The fourth-order valence-corrected chi connectivity index (χ4v) is 3.34. The Hall–Kier alpha value is -4.10. The van der Waals surface area contributed by atoms with Gasteiger partial charge in [-0.2, -0.15) is 18.3 Å². The summed E-state index contributed by atoms with van der Waals surface area (Å²) in [4.78, 5) is 25.8. The van der Waals surface area contributed by atoms with Gasteiger partial charge in [-0.15, -0.1) is 0 Å². The van der Waals surface area contributed by atoms with E-state index >= 15 is 0 Å². The average molecular weight is 439 g/mol. The lowest BCUT2D eigenvalue weighted by molar-refractivity contribution is -0.137. The standard InChI is InChI=1S/C22H16F3N5O2/c23-22(24,25)16-6-8-17(9-7-16)29-12-18(26)30-19(21(29)32)15(11-28-30)5-4-13-2-1-3-14(10-13)20(27)31/h1-3,6-11,18H,12,26H2,(H2,27,31)/t18-/m1/s1. The van der Waals surface area contributed by atoms with E-state index in [0.717, 1.165) is 12.1 Å². The van der Waals surface area contributed by atoms with Crippen molar-refractivity contribution in [1.82, 2.24) is 9.78 Å². The van der Waals surface area contributed by atoms with Gasteiger partial charge in [-0.1, -0.05) is 17.9 Å². The first-order valence-corrected chi connectivity index (χ1v) is 9.39. The predicted molar refractivity (Wildman–Crippen MR) is 110 cm³/mol. The lowest BCUT2D eigenvalue weighted by Gasteiger charge is -2.32. The number of halogens is 3. The summed E-state index contributed by atoms with van der Waals surface area (Å²) in [6.45, 7) is 0.0341. The van der Waals surface area contributed by atoms with Crippen molar-refractivity contribution in [2.75, 3.05) is 11.4 Å². The van der Waals surface area contributed by atoms with Gasteiger partial charge in [-0.05, 0) is 42.5 Å². The smallest absolute Gasteiger partial charge is 0.366 e. The number of carbonyl (C=O) groups excluding carboxylic acids is 2. The van der Waals surface area contributed by atoms with Gasteiger partial charge < -0.3 is 16.4 Å². The molecule has 2 aromatic carbocycles. The van der Waals surface area contributed by atoms with Crippen molar-refractivity contribution in [3.05, 3.63) is 82.7 Å². The molecule has 0 bridgehead atoms. The number of hydrogen-bond donors (Lipinski definition) is 2. The number of hydrogen-bond acceptors (Lipinski definition) is 4. The van der Waals surface area contributed by atoms with Crippen LogP contribution in [0.25, 0.3) is 0 Å². The van der Waals surface area contributed by atoms with E-state index in [9.17, 15) is 22.8 Å². The zero-order valence-electron chi connectivity index (χ0n) is 16.4. The lowest BCUT2D eigenvalue weighted by atomic mass is 10.1. The highest BCUT2D eigenvalue weighted by Crippen LogP contribution is 2.32. The van der Waals surface area contributed by atoms with Gasteiger partial charge in [0.2, 0.25) is 5.91 Å². The van der Waals surface area contributed by atoms with Gasteiger partial charge in [0.05, 0.1) is 23.9 Å². The molecule has 4 N–H and O–H groups in total. The maximum atomic E-state index is 13.1. The van der Waals surface area contributed by atoms with Crippen molar-refractivity contribution in [3.63, 3.8) is 0 Å². The molecule has 32 heavy (non-hydrogen) atoms. The molecular formula is C22H16F3N5O2. The van der Waals surface area contributed by atoms with Crippen molar-refractivity contribution < 1.29 is 22.8 Å². The van der Waals surface area contributed by atoms with E-state index in [1.54, 1.807) is 18.2 Å². The molecule has 0 saturated heterocycles. The molecule has 0 unspecified atom stereocenters. The van der Waals surface area contributed by atoms with Crippen LogP contribution in [0, 0.1) is 11.8 Å². The summed E-state index contributed by atoms with van der Waals surface area (Å²) in [5.74, 6) is 4.63. The Morgan fingerprint density at radius 2 is 1.84 bits per heavy atom. The van der Waals surface area contributed by atoms with Crippen LogP contribution in [0.2, 0.25) is 0 Å². The van der Waals surface area contributed by atoms with Crippen LogP contribution in [-0.2, 0) is 6.18 Å². The Morgan fingerprint density at radius 3 is 2.50 bits per heavy atom. The molecule has 162 valence electrons. The number of fused-ring (bicyclic) bond motifs is 1. The molecule has 4 rings (SSSR count). The van der Waals surface area contributed by atoms with Gasteiger partial charge in [-0.3, -0.25) is 9.59 Å². The Balaban J connectivity index is 1.67. The summed E-state index contributed by atoms with van der Waals surface area (Å²) in [6, 6.07) is 10.6. The number of primary amides is 1. The van der Waals surface area contributed by atoms with E-state index < -0.39 is 29.7 Å². The molecule has 1 aliphatic rings. The van der Waals surface area contributed by atoms with Crippen LogP contribution in [-0.4, -0.2) is 28.1 Å². The summed E-state index contributed by atoms with van der Waals surface area (Å²) in [5, 5.41) is 4.14. The van der Waals surface area contributed by atoms with Gasteiger partial charge >= 0.3 is 6.18 Å². The Bertz CT molecular complexity index is 1270. The fourth-order valence-electron chi connectivity index (χ4n) is 3.34. The molecule has 0 spiro atoms. The SMILES string of the molecule is NC(=O)c1cccc(C#Cc2cnn3c2C(=O)N(c2ccc(C(F)(F)F)cc2)C[C@@H]3N)c1. The number of nitrogens with zero attached hydrogens (tertiary/aromatic N) is 3. The maximum Gasteiger partial charge on any atom is 0.416 e. The van der Waals surface area contributed by atoms with E-state index in [2.05, 4.69) is 16.9 Å². The summed E-state index contributed by atoms with van der Waals surface area (Å²) >= 11 is 0. The third-order valence-corrected chi connectivity index (χ3v) is 4.92. The minimum Gasteiger partial charge on any atom is -0.366 e.